The van der Waals surface area contributed by atoms with E-state index in [9.17, 15) is 4.79 Å². The third-order valence-electron chi connectivity index (χ3n) is 5.17. The van der Waals surface area contributed by atoms with Crippen LogP contribution in [0.4, 0.5) is 0 Å². The van der Waals surface area contributed by atoms with E-state index in [1.54, 1.807) is 16.2 Å². The number of amidine groups is 1. The van der Waals surface area contributed by atoms with Gasteiger partial charge in [-0.1, -0.05) is 23.4 Å². The number of aromatic nitrogens is 2. The molecule has 3 heterocycles. The molecule has 2 N–H and O–H groups in total. The van der Waals surface area contributed by atoms with Gasteiger partial charge in [-0.2, -0.15) is 5.10 Å². The molecule has 156 valence electrons. The smallest absolute Gasteiger partial charge is 0.263 e. The molecule has 0 aliphatic carbocycles. The van der Waals surface area contributed by atoms with Crippen LogP contribution in [0.15, 0.2) is 46.9 Å². The Morgan fingerprint density at radius 1 is 1.30 bits per heavy atom. The number of carbonyl (C=O) groups excluding carboxylic acids is 1. The molecule has 0 atom stereocenters. The van der Waals surface area contributed by atoms with Gasteiger partial charge in [0, 0.05) is 29.2 Å². The number of oxime groups is 1. The van der Waals surface area contributed by atoms with Gasteiger partial charge in [0.25, 0.3) is 5.91 Å². The maximum atomic E-state index is 12.4. The van der Waals surface area contributed by atoms with Crippen LogP contribution in [-0.4, -0.2) is 39.6 Å². The highest BCUT2D eigenvalue weighted by molar-refractivity contribution is 7.10. The first-order valence-electron chi connectivity index (χ1n) is 9.88. The van der Waals surface area contributed by atoms with Crippen LogP contribution in [0.25, 0.3) is 0 Å². The van der Waals surface area contributed by atoms with Crippen molar-refractivity contribution < 1.29 is 9.63 Å². The van der Waals surface area contributed by atoms with Gasteiger partial charge in [0.15, 0.2) is 12.4 Å². The summed E-state index contributed by atoms with van der Waals surface area (Å²) in [6.07, 6.45) is 0.895. The summed E-state index contributed by atoms with van der Waals surface area (Å²) in [6, 6.07) is 11.9. The summed E-state index contributed by atoms with van der Waals surface area (Å²) in [4.78, 5) is 20.9. The molecule has 3 aromatic rings. The molecular formula is C22H25N5O2S. The maximum Gasteiger partial charge on any atom is 0.263 e. The zero-order valence-corrected chi connectivity index (χ0v) is 18.0. The van der Waals surface area contributed by atoms with E-state index >= 15 is 0 Å². The number of nitrogens with two attached hydrogens (primary N) is 1. The first-order valence-corrected chi connectivity index (χ1v) is 10.8. The maximum absolute atomic E-state index is 12.4. The molecular weight excluding hydrogens is 398 g/mol. The van der Waals surface area contributed by atoms with Crippen molar-refractivity contribution in [3.63, 3.8) is 0 Å². The fourth-order valence-corrected chi connectivity index (χ4v) is 4.49. The largest absolute Gasteiger partial charge is 0.384 e. The van der Waals surface area contributed by atoms with Crippen LogP contribution >= 0.6 is 11.3 Å². The second-order valence-electron chi connectivity index (χ2n) is 7.47. The molecule has 0 saturated heterocycles. The van der Waals surface area contributed by atoms with Gasteiger partial charge in [0.1, 0.15) is 0 Å². The van der Waals surface area contributed by atoms with E-state index < -0.39 is 0 Å². The lowest BCUT2D eigenvalue weighted by Crippen LogP contribution is -2.37. The Morgan fingerprint density at radius 2 is 2.17 bits per heavy atom. The van der Waals surface area contributed by atoms with Crippen LogP contribution in [0.2, 0.25) is 0 Å². The Bertz CT molecular complexity index is 1080. The van der Waals surface area contributed by atoms with E-state index in [0.29, 0.717) is 19.6 Å². The van der Waals surface area contributed by atoms with Crippen LogP contribution in [0.3, 0.4) is 0 Å². The van der Waals surface area contributed by atoms with Crippen molar-refractivity contribution in [2.24, 2.45) is 10.9 Å². The molecule has 0 unspecified atom stereocenters. The molecule has 30 heavy (non-hydrogen) atoms. The first-order chi connectivity index (χ1) is 14.5. The molecule has 0 fully saturated rings. The van der Waals surface area contributed by atoms with Gasteiger partial charge in [-0.3, -0.25) is 9.48 Å². The summed E-state index contributed by atoms with van der Waals surface area (Å²) in [7, 11) is 0. The predicted molar refractivity (Wildman–Crippen MR) is 117 cm³/mol. The van der Waals surface area contributed by atoms with Gasteiger partial charge in [-0.05, 0) is 55.0 Å². The fourth-order valence-electron chi connectivity index (χ4n) is 3.60. The van der Waals surface area contributed by atoms with E-state index in [1.165, 1.54) is 10.4 Å². The second kappa shape index (κ2) is 8.71. The van der Waals surface area contributed by atoms with Crippen LogP contribution < -0.4 is 5.73 Å². The molecule has 2 aromatic heterocycles. The Balaban J connectivity index is 1.34. The number of rotatable bonds is 6. The number of amides is 1. The zero-order chi connectivity index (χ0) is 21.1. The van der Waals surface area contributed by atoms with Crippen LogP contribution in [0.5, 0.6) is 0 Å². The number of nitrogens with zero attached hydrogens (tertiary/aromatic N) is 4. The van der Waals surface area contributed by atoms with Crippen molar-refractivity contribution in [3.8, 4) is 0 Å². The molecule has 0 spiro atoms. The lowest BCUT2D eigenvalue weighted by molar-refractivity contribution is -0.137. The highest BCUT2D eigenvalue weighted by atomic mass is 32.1. The van der Waals surface area contributed by atoms with E-state index in [0.717, 1.165) is 28.9 Å². The predicted octanol–water partition coefficient (Wildman–Crippen LogP) is 2.83. The first kappa shape index (κ1) is 20.2. The number of carbonyl (C=O) groups is 1. The van der Waals surface area contributed by atoms with Crippen LogP contribution in [-0.2, 0) is 29.1 Å². The summed E-state index contributed by atoms with van der Waals surface area (Å²) in [5.74, 6) is 0.165. The quantitative estimate of drug-likeness (QED) is 0.375. The molecule has 0 saturated carbocycles. The monoisotopic (exact) mass is 423 g/mol. The third-order valence-corrected chi connectivity index (χ3v) is 6.19. The van der Waals surface area contributed by atoms with Crippen LogP contribution in [0, 0.1) is 13.8 Å². The Labute approximate surface area is 179 Å². The van der Waals surface area contributed by atoms with Crippen molar-refractivity contribution >= 4 is 23.1 Å². The van der Waals surface area contributed by atoms with Gasteiger partial charge >= 0.3 is 0 Å². The van der Waals surface area contributed by atoms with Crippen molar-refractivity contribution in [2.45, 2.75) is 33.4 Å². The standard InChI is InChI=1S/C22H25N5O2S/c1-15-10-16(2)27(24-15)12-17-4-3-5-18(11-17)22(23)25-29-14-21(28)26-8-6-20-19(13-26)7-9-30-20/h3-5,7,9-11H,6,8,12-14H2,1-2H3,(H2,23,25). The van der Waals surface area contributed by atoms with Gasteiger partial charge < -0.3 is 15.5 Å². The molecule has 1 aliphatic rings. The summed E-state index contributed by atoms with van der Waals surface area (Å²) in [5, 5.41) is 10.5. The number of aryl methyl sites for hydroxylation is 2. The van der Waals surface area contributed by atoms with E-state index in [-0.39, 0.29) is 18.3 Å². The molecule has 1 aromatic carbocycles. The number of fused-ring (bicyclic) bond motifs is 1. The van der Waals surface area contributed by atoms with Gasteiger partial charge in [-0.25, -0.2) is 0 Å². The number of thiophene rings is 1. The number of benzene rings is 1. The number of hydrogen-bond acceptors (Lipinski definition) is 5. The van der Waals surface area contributed by atoms with E-state index in [4.69, 9.17) is 10.6 Å². The minimum Gasteiger partial charge on any atom is -0.384 e. The zero-order valence-electron chi connectivity index (χ0n) is 17.2. The Hall–Kier alpha value is -3.13. The van der Waals surface area contributed by atoms with E-state index in [1.807, 2.05) is 48.9 Å². The molecule has 0 bridgehead atoms. The van der Waals surface area contributed by atoms with E-state index in [2.05, 4.69) is 21.7 Å². The van der Waals surface area contributed by atoms with Crippen molar-refractivity contribution in [2.75, 3.05) is 13.2 Å². The van der Waals surface area contributed by atoms with Crippen LogP contribution in [0.1, 0.15) is 33.0 Å². The molecule has 7 nitrogen and oxygen atoms in total. The molecule has 4 rings (SSSR count). The Kier molecular flexibility index (Phi) is 5.85. The van der Waals surface area contributed by atoms with Crippen molar-refractivity contribution in [1.82, 2.24) is 14.7 Å². The summed E-state index contributed by atoms with van der Waals surface area (Å²) < 4.78 is 1.95. The SMILES string of the molecule is Cc1cc(C)n(Cc2cccc(/C(N)=N/OCC(=O)N3CCc4sccc4C3)c2)n1. The topological polar surface area (TPSA) is 85.7 Å². The average Bonchev–Trinajstić information content (AvgIpc) is 3.33. The molecule has 8 heteroatoms. The molecule has 1 amide bonds. The minimum atomic E-state index is -0.119. The van der Waals surface area contributed by atoms with Gasteiger partial charge in [-0.15, -0.1) is 11.3 Å². The van der Waals surface area contributed by atoms with Gasteiger partial charge in [0.05, 0.1) is 12.2 Å². The fraction of sp³-hybridized carbons (Fsp3) is 0.318. The van der Waals surface area contributed by atoms with Crippen molar-refractivity contribution in [3.05, 3.63) is 74.7 Å². The lowest BCUT2D eigenvalue weighted by atomic mass is 10.1. The Morgan fingerprint density at radius 3 is 2.97 bits per heavy atom. The minimum absolute atomic E-state index is 0.0818. The average molecular weight is 424 g/mol. The summed E-state index contributed by atoms with van der Waals surface area (Å²) >= 11 is 1.75. The molecule has 1 aliphatic heterocycles. The highest BCUT2D eigenvalue weighted by Gasteiger charge is 2.21. The lowest BCUT2D eigenvalue weighted by Gasteiger charge is -2.26. The highest BCUT2D eigenvalue weighted by Crippen LogP contribution is 2.24. The van der Waals surface area contributed by atoms with Gasteiger partial charge in [0.2, 0.25) is 0 Å². The molecule has 0 radical (unpaired) electrons. The summed E-state index contributed by atoms with van der Waals surface area (Å²) in [5.41, 5.74) is 11.2. The normalized spacial score (nSPS) is 13.9. The second-order valence-corrected chi connectivity index (χ2v) is 8.47. The summed E-state index contributed by atoms with van der Waals surface area (Å²) in [6.45, 7) is 5.89. The van der Waals surface area contributed by atoms with Crippen molar-refractivity contribution in [1.29, 1.82) is 0 Å². The third kappa shape index (κ3) is 4.54. The number of hydrogen-bond donors (Lipinski definition) is 1.